The molecular formula is C10H10ClFO2. The third kappa shape index (κ3) is 2.70. The molecule has 0 saturated heterocycles. The fourth-order valence-electron chi connectivity index (χ4n) is 0.905. The van der Waals surface area contributed by atoms with Crippen molar-refractivity contribution in [2.45, 2.75) is 20.0 Å². The molecule has 0 radical (unpaired) electrons. The number of hydrogen-bond donors (Lipinski definition) is 0. The van der Waals surface area contributed by atoms with Gasteiger partial charge in [0.05, 0.1) is 16.7 Å². The first-order valence-corrected chi connectivity index (χ1v) is 4.54. The zero-order chi connectivity index (χ0) is 10.7. The lowest BCUT2D eigenvalue weighted by molar-refractivity contribution is 0.0378. The van der Waals surface area contributed by atoms with Gasteiger partial charge in [-0.05, 0) is 32.0 Å². The van der Waals surface area contributed by atoms with E-state index in [1.807, 2.05) is 0 Å². The van der Waals surface area contributed by atoms with Crippen molar-refractivity contribution in [1.29, 1.82) is 0 Å². The number of carbonyl (C=O) groups is 1. The highest BCUT2D eigenvalue weighted by molar-refractivity contribution is 6.31. The minimum atomic E-state index is -0.548. The average molecular weight is 217 g/mol. The summed E-state index contributed by atoms with van der Waals surface area (Å²) in [7, 11) is 0. The molecule has 0 aliphatic carbocycles. The zero-order valence-electron chi connectivity index (χ0n) is 7.88. The Hall–Kier alpha value is -1.09. The molecule has 0 aliphatic rings. The second kappa shape index (κ2) is 4.42. The van der Waals surface area contributed by atoms with Gasteiger partial charge < -0.3 is 4.74 Å². The van der Waals surface area contributed by atoms with Crippen molar-refractivity contribution in [1.82, 2.24) is 0 Å². The van der Waals surface area contributed by atoms with E-state index in [9.17, 15) is 9.18 Å². The van der Waals surface area contributed by atoms with E-state index in [0.29, 0.717) is 0 Å². The number of halogens is 2. The van der Waals surface area contributed by atoms with Crippen LogP contribution < -0.4 is 0 Å². The number of esters is 1. The first-order valence-electron chi connectivity index (χ1n) is 4.16. The molecule has 14 heavy (non-hydrogen) atoms. The van der Waals surface area contributed by atoms with Crippen LogP contribution in [0.2, 0.25) is 5.02 Å². The third-order valence-corrected chi connectivity index (χ3v) is 1.79. The lowest BCUT2D eigenvalue weighted by atomic mass is 10.2. The second-order valence-electron chi connectivity index (χ2n) is 3.08. The number of benzene rings is 1. The van der Waals surface area contributed by atoms with Gasteiger partial charge in [0.1, 0.15) is 5.82 Å². The minimum absolute atomic E-state index is 0.0804. The fourth-order valence-corrected chi connectivity index (χ4v) is 1.09. The predicted octanol–water partition coefficient (Wildman–Crippen LogP) is 3.04. The molecule has 0 N–H and O–H groups in total. The Morgan fingerprint density at radius 1 is 1.50 bits per heavy atom. The molecule has 1 aromatic carbocycles. The fraction of sp³-hybridized carbons (Fsp3) is 0.300. The smallest absolute Gasteiger partial charge is 0.338 e. The van der Waals surface area contributed by atoms with Crippen LogP contribution in [0.4, 0.5) is 4.39 Å². The summed E-state index contributed by atoms with van der Waals surface area (Å²) >= 11 is 5.51. The van der Waals surface area contributed by atoms with Crippen LogP contribution in [0.1, 0.15) is 24.2 Å². The van der Waals surface area contributed by atoms with Crippen LogP contribution in [-0.2, 0) is 4.74 Å². The monoisotopic (exact) mass is 216 g/mol. The number of hydrogen-bond acceptors (Lipinski definition) is 2. The number of ether oxygens (including phenoxy) is 1. The van der Waals surface area contributed by atoms with Gasteiger partial charge in [0.15, 0.2) is 0 Å². The molecule has 2 nitrogen and oxygen atoms in total. The maximum absolute atomic E-state index is 12.7. The summed E-state index contributed by atoms with van der Waals surface area (Å²) in [5, 5.41) is -0.0804. The molecule has 0 bridgehead atoms. The van der Waals surface area contributed by atoms with Crippen LogP contribution in [0.15, 0.2) is 18.2 Å². The van der Waals surface area contributed by atoms with Crippen LogP contribution in [0, 0.1) is 5.82 Å². The van der Waals surface area contributed by atoms with E-state index in [-0.39, 0.29) is 16.7 Å². The van der Waals surface area contributed by atoms with Gasteiger partial charge in [-0.3, -0.25) is 0 Å². The van der Waals surface area contributed by atoms with E-state index in [2.05, 4.69) is 0 Å². The summed E-state index contributed by atoms with van der Waals surface area (Å²) in [6, 6.07) is 3.73. The van der Waals surface area contributed by atoms with Crippen LogP contribution >= 0.6 is 11.6 Å². The van der Waals surface area contributed by atoms with Crippen molar-refractivity contribution in [3.63, 3.8) is 0 Å². The van der Waals surface area contributed by atoms with Crippen molar-refractivity contribution in [2.75, 3.05) is 0 Å². The molecule has 76 valence electrons. The molecule has 0 aliphatic heterocycles. The quantitative estimate of drug-likeness (QED) is 0.711. The highest BCUT2D eigenvalue weighted by Crippen LogP contribution is 2.16. The van der Waals surface area contributed by atoms with Crippen molar-refractivity contribution in [3.8, 4) is 0 Å². The lowest BCUT2D eigenvalue weighted by Crippen LogP contribution is -2.11. The van der Waals surface area contributed by atoms with E-state index in [4.69, 9.17) is 16.3 Å². The Bertz CT molecular complexity index is 350. The van der Waals surface area contributed by atoms with Gasteiger partial charge in [-0.25, -0.2) is 9.18 Å². The molecule has 1 rings (SSSR count). The summed E-state index contributed by atoms with van der Waals surface area (Å²) in [5.41, 5.74) is 0.255. The van der Waals surface area contributed by atoms with Gasteiger partial charge in [0.25, 0.3) is 0 Å². The number of carbonyl (C=O) groups excluding carboxylic acids is 1. The molecule has 0 saturated carbocycles. The molecule has 0 unspecified atom stereocenters. The van der Waals surface area contributed by atoms with Crippen molar-refractivity contribution in [2.24, 2.45) is 0 Å². The Morgan fingerprint density at radius 3 is 2.64 bits per heavy atom. The molecule has 0 spiro atoms. The normalized spacial score (nSPS) is 10.4. The summed E-state index contributed by atoms with van der Waals surface area (Å²) in [6.45, 7) is 3.48. The standard InChI is InChI=1S/C10H10ClFO2/c1-6(2)14-10(13)7-3-4-9(12)8(11)5-7/h3-6H,1-2H3. The highest BCUT2D eigenvalue weighted by Gasteiger charge is 2.10. The summed E-state index contributed by atoms with van der Waals surface area (Å²) in [5.74, 6) is -1.05. The average Bonchev–Trinajstić information content (AvgIpc) is 2.08. The maximum atomic E-state index is 12.7. The molecular weight excluding hydrogens is 207 g/mol. The van der Waals surface area contributed by atoms with E-state index in [1.165, 1.54) is 12.1 Å². The van der Waals surface area contributed by atoms with E-state index in [1.54, 1.807) is 13.8 Å². The molecule has 1 aromatic rings. The first kappa shape index (κ1) is 11.0. The highest BCUT2D eigenvalue weighted by atomic mass is 35.5. The van der Waals surface area contributed by atoms with Gasteiger partial charge in [-0.1, -0.05) is 11.6 Å². The minimum Gasteiger partial charge on any atom is -0.459 e. The van der Waals surface area contributed by atoms with Gasteiger partial charge in [0.2, 0.25) is 0 Å². The zero-order valence-corrected chi connectivity index (χ0v) is 8.64. The van der Waals surface area contributed by atoms with E-state index >= 15 is 0 Å². The van der Waals surface area contributed by atoms with Gasteiger partial charge in [-0.15, -0.1) is 0 Å². The SMILES string of the molecule is CC(C)OC(=O)c1ccc(F)c(Cl)c1. The van der Waals surface area contributed by atoms with E-state index in [0.717, 1.165) is 6.07 Å². The first-order chi connectivity index (χ1) is 6.50. The summed E-state index contributed by atoms with van der Waals surface area (Å²) in [6.07, 6.45) is -0.202. The largest absolute Gasteiger partial charge is 0.459 e. The second-order valence-corrected chi connectivity index (χ2v) is 3.49. The van der Waals surface area contributed by atoms with Crippen molar-refractivity contribution < 1.29 is 13.9 Å². The van der Waals surface area contributed by atoms with Gasteiger partial charge >= 0.3 is 5.97 Å². The predicted molar refractivity (Wildman–Crippen MR) is 52.0 cm³/mol. The topological polar surface area (TPSA) is 26.3 Å². The summed E-state index contributed by atoms with van der Waals surface area (Å²) < 4.78 is 17.7. The van der Waals surface area contributed by atoms with Crippen LogP contribution in [0.3, 0.4) is 0 Å². The van der Waals surface area contributed by atoms with Crippen LogP contribution in [-0.4, -0.2) is 12.1 Å². The summed E-state index contributed by atoms with van der Waals surface area (Å²) in [4.78, 5) is 11.3. The Morgan fingerprint density at radius 2 is 2.14 bits per heavy atom. The maximum Gasteiger partial charge on any atom is 0.338 e. The Balaban J connectivity index is 2.86. The molecule has 0 atom stereocenters. The molecule has 0 amide bonds. The van der Waals surface area contributed by atoms with Crippen LogP contribution in [0.5, 0.6) is 0 Å². The Labute approximate surface area is 86.6 Å². The molecule has 0 heterocycles. The van der Waals surface area contributed by atoms with Crippen molar-refractivity contribution >= 4 is 17.6 Å². The molecule has 4 heteroatoms. The lowest BCUT2D eigenvalue weighted by Gasteiger charge is -2.07. The Kier molecular flexibility index (Phi) is 3.47. The van der Waals surface area contributed by atoms with Gasteiger partial charge in [0, 0.05) is 0 Å². The van der Waals surface area contributed by atoms with Gasteiger partial charge in [-0.2, -0.15) is 0 Å². The van der Waals surface area contributed by atoms with Crippen molar-refractivity contribution in [3.05, 3.63) is 34.6 Å². The van der Waals surface area contributed by atoms with Crippen LogP contribution in [0.25, 0.3) is 0 Å². The number of rotatable bonds is 2. The molecule has 0 fully saturated rings. The molecule has 0 aromatic heterocycles. The van der Waals surface area contributed by atoms with E-state index < -0.39 is 11.8 Å². The third-order valence-electron chi connectivity index (χ3n) is 1.50.